The van der Waals surface area contributed by atoms with Crippen LogP contribution in [0, 0.1) is 5.82 Å². The van der Waals surface area contributed by atoms with Crippen LogP contribution in [0.3, 0.4) is 0 Å². The number of ether oxygens (including phenoxy) is 1. The largest absolute Gasteiger partial charge is 0.411 e. The minimum absolute atomic E-state index is 0.0799. The third-order valence-corrected chi connectivity index (χ3v) is 4.19. The van der Waals surface area contributed by atoms with Crippen molar-refractivity contribution in [2.24, 2.45) is 0 Å². The molecule has 0 spiro atoms. The molecule has 1 aromatic carbocycles. The summed E-state index contributed by atoms with van der Waals surface area (Å²) in [5.74, 6) is -0.261. The van der Waals surface area contributed by atoms with Gasteiger partial charge in [-0.15, -0.1) is 23.2 Å². The smallest absolute Gasteiger partial charge is 0.372 e. The molecule has 0 aliphatic carbocycles. The fourth-order valence-electron chi connectivity index (χ4n) is 2.04. The molecule has 1 aromatic rings. The topological polar surface area (TPSA) is 9.23 Å². The highest BCUT2D eigenvalue weighted by atomic mass is 35.5. The van der Waals surface area contributed by atoms with Gasteiger partial charge in [-0.2, -0.15) is 13.2 Å². The van der Waals surface area contributed by atoms with Crippen molar-refractivity contribution >= 4 is 23.2 Å². The van der Waals surface area contributed by atoms with Crippen LogP contribution in [0.2, 0.25) is 0 Å². The Balaban J connectivity index is 2.64. The zero-order valence-corrected chi connectivity index (χ0v) is 12.7. The zero-order chi connectivity index (χ0) is 15.9. The Kier molecular flexibility index (Phi) is 7.24. The lowest BCUT2D eigenvalue weighted by Crippen LogP contribution is -2.32. The summed E-state index contributed by atoms with van der Waals surface area (Å²) in [6.07, 6.45) is -3.69. The monoisotopic (exact) mass is 346 g/mol. The molecule has 0 saturated heterocycles. The third kappa shape index (κ3) is 5.64. The first-order chi connectivity index (χ1) is 9.84. The van der Waals surface area contributed by atoms with E-state index in [9.17, 15) is 17.6 Å². The highest BCUT2D eigenvalue weighted by molar-refractivity contribution is 6.22. The van der Waals surface area contributed by atoms with Crippen LogP contribution in [0.25, 0.3) is 0 Å². The second-order valence-corrected chi connectivity index (χ2v) is 5.33. The van der Waals surface area contributed by atoms with E-state index in [4.69, 9.17) is 23.2 Å². The predicted octanol–water partition coefficient (Wildman–Crippen LogP) is 4.90. The predicted molar refractivity (Wildman–Crippen MR) is 75.6 cm³/mol. The van der Waals surface area contributed by atoms with Gasteiger partial charge in [-0.1, -0.05) is 18.2 Å². The van der Waals surface area contributed by atoms with Crippen molar-refractivity contribution in [2.45, 2.75) is 24.4 Å². The molecule has 0 aliphatic rings. The number of hydrogen-bond acceptors (Lipinski definition) is 1. The molecule has 0 heterocycles. The molecular weight excluding hydrogens is 331 g/mol. The Morgan fingerprint density at radius 3 is 2.19 bits per heavy atom. The van der Waals surface area contributed by atoms with Crippen LogP contribution < -0.4 is 0 Å². The maximum absolute atomic E-state index is 13.9. The van der Waals surface area contributed by atoms with E-state index in [0.717, 1.165) is 0 Å². The van der Waals surface area contributed by atoms with Crippen molar-refractivity contribution in [1.29, 1.82) is 0 Å². The molecule has 0 amide bonds. The van der Waals surface area contributed by atoms with Gasteiger partial charge in [-0.05, 0) is 24.5 Å². The van der Waals surface area contributed by atoms with Gasteiger partial charge in [0.1, 0.15) is 12.4 Å². The molecule has 0 N–H and O–H groups in total. The summed E-state index contributed by atoms with van der Waals surface area (Å²) < 4.78 is 54.3. The van der Waals surface area contributed by atoms with E-state index < -0.39 is 24.0 Å². The van der Waals surface area contributed by atoms with Crippen molar-refractivity contribution in [1.82, 2.24) is 0 Å². The van der Waals surface area contributed by atoms with E-state index in [0.29, 0.717) is 18.4 Å². The second-order valence-electron chi connectivity index (χ2n) is 4.80. The van der Waals surface area contributed by atoms with Crippen molar-refractivity contribution in [3.63, 3.8) is 0 Å². The van der Waals surface area contributed by atoms with Crippen LogP contribution >= 0.6 is 23.2 Å². The third-order valence-electron chi connectivity index (χ3n) is 3.17. The zero-order valence-electron chi connectivity index (χ0n) is 11.2. The molecule has 0 unspecified atom stereocenters. The van der Waals surface area contributed by atoms with E-state index >= 15 is 0 Å². The van der Waals surface area contributed by atoms with Crippen molar-refractivity contribution < 1.29 is 22.3 Å². The molecule has 120 valence electrons. The van der Waals surface area contributed by atoms with Crippen molar-refractivity contribution in [2.75, 3.05) is 25.0 Å². The van der Waals surface area contributed by atoms with E-state index in [1.54, 1.807) is 18.2 Å². The first kappa shape index (κ1) is 18.5. The quantitative estimate of drug-likeness (QED) is 0.369. The molecule has 0 saturated carbocycles. The summed E-state index contributed by atoms with van der Waals surface area (Å²) in [4.78, 5) is 0. The lowest BCUT2D eigenvalue weighted by Gasteiger charge is -2.30. The minimum Gasteiger partial charge on any atom is -0.372 e. The number of benzene rings is 1. The summed E-state index contributed by atoms with van der Waals surface area (Å²) in [5.41, 5.74) is -0.429. The number of hydrogen-bond donors (Lipinski definition) is 0. The molecule has 0 fully saturated rings. The molecule has 1 rings (SSSR count). The molecule has 0 aliphatic heterocycles. The van der Waals surface area contributed by atoms with Crippen molar-refractivity contribution in [3.05, 3.63) is 35.6 Å². The molecular formula is C14H16Cl2F4O. The van der Waals surface area contributed by atoms with Crippen LogP contribution in [0.15, 0.2) is 24.3 Å². The van der Waals surface area contributed by atoms with E-state index in [1.807, 2.05) is 0 Å². The van der Waals surface area contributed by atoms with Gasteiger partial charge in [0, 0.05) is 23.8 Å². The van der Waals surface area contributed by atoms with Crippen molar-refractivity contribution in [3.8, 4) is 0 Å². The van der Waals surface area contributed by atoms with Gasteiger partial charge < -0.3 is 4.74 Å². The van der Waals surface area contributed by atoms with Crippen LogP contribution in [0.1, 0.15) is 18.4 Å². The molecule has 7 heteroatoms. The Labute approximate surface area is 131 Å². The summed E-state index contributed by atoms with van der Waals surface area (Å²) in [7, 11) is 0. The first-order valence-corrected chi connectivity index (χ1v) is 7.43. The van der Waals surface area contributed by atoms with Gasteiger partial charge >= 0.3 is 6.18 Å². The average Bonchev–Trinajstić information content (AvgIpc) is 2.43. The van der Waals surface area contributed by atoms with Gasteiger partial charge in [0.05, 0.1) is 0 Å². The molecule has 0 bridgehead atoms. The van der Waals surface area contributed by atoms with Crippen LogP contribution in [0.4, 0.5) is 17.6 Å². The highest BCUT2D eigenvalue weighted by Gasteiger charge is 2.33. The Morgan fingerprint density at radius 1 is 1.05 bits per heavy atom. The summed E-state index contributed by atoms with van der Waals surface area (Å²) in [6.45, 7) is -1.37. The molecule has 1 nitrogen and oxygen atoms in total. The van der Waals surface area contributed by atoms with Crippen LogP contribution in [-0.4, -0.2) is 31.2 Å². The molecule has 21 heavy (non-hydrogen) atoms. The van der Waals surface area contributed by atoms with Gasteiger partial charge in [0.2, 0.25) is 0 Å². The Morgan fingerprint density at radius 2 is 1.67 bits per heavy atom. The minimum atomic E-state index is -4.35. The van der Waals surface area contributed by atoms with Gasteiger partial charge in [0.15, 0.2) is 0 Å². The standard InChI is InChI=1S/C14H16Cl2F4O/c15-8-13(9-16,11-4-1-2-5-12(11)17)6-3-7-21-10-14(18,19)20/h1-2,4-5H,3,6-10H2. The lowest BCUT2D eigenvalue weighted by atomic mass is 9.80. The van der Waals surface area contributed by atoms with E-state index in [2.05, 4.69) is 4.74 Å². The summed E-state index contributed by atoms with van der Waals surface area (Å²) >= 11 is 11.9. The maximum atomic E-state index is 13.9. The summed E-state index contributed by atoms with van der Waals surface area (Å²) in [6, 6.07) is 6.13. The first-order valence-electron chi connectivity index (χ1n) is 6.36. The molecule has 0 atom stereocenters. The maximum Gasteiger partial charge on any atom is 0.411 e. The number of halogens is 6. The van der Waals surface area contributed by atoms with Crippen LogP contribution in [0.5, 0.6) is 0 Å². The second kappa shape index (κ2) is 8.20. The van der Waals surface area contributed by atoms with Gasteiger partial charge in [0.25, 0.3) is 0 Å². The van der Waals surface area contributed by atoms with E-state index in [1.165, 1.54) is 6.07 Å². The molecule has 0 radical (unpaired) electrons. The van der Waals surface area contributed by atoms with Crippen LogP contribution in [-0.2, 0) is 10.2 Å². The summed E-state index contributed by atoms with van der Waals surface area (Å²) in [5, 5.41) is 0. The fraction of sp³-hybridized carbons (Fsp3) is 0.571. The number of rotatable bonds is 8. The number of alkyl halides is 5. The van der Waals surface area contributed by atoms with Gasteiger partial charge in [-0.3, -0.25) is 0 Å². The normalized spacial score (nSPS) is 12.7. The Hall–Kier alpha value is -0.520. The highest BCUT2D eigenvalue weighted by Crippen LogP contribution is 2.34. The Bertz CT molecular complexity index is 433. The van der Waals surface area contributed by atoms with E-state index in [-0.39, 0.29) is 18.4 Å². The van der Waals surface area contributed by atoms with Gasteiger partial charge in [-0.25, -0.2) is 4.39 Å². The SMILES string of the molecule is Fc1ccccc1C(CCl)(CCl)CCCOCC(F)(F)F. The lowest BCUT2D eigenvalue weighted by molar-refractivity contribution is -0.174. The average molecular weight is 347 g/mol. The molecule has 0 aromatic heterocycles. The fourth-order valence-corrected chi connectivity index (χ4v) is 2.88.